The van der Waals surface area contributed by atoms with E-state index in [-0.39, 0.29) is 25.0 Å². The topological polar surface area (TPSA) is 58.6 Å². The Bertz CT molecular complexity index is 1170. The van der Waals surface area contributed by atoms with Gasteiger partial charge < -0.3 is 15.0 Å². The number of rotatable bonds is 10. The van der Waals surface area contributed by atoms with E-state index in [2.05, 4.69) is 5.32 Å². The summed E-state index contributed by atoms with van der Waals surface area (Å²) in [6.45, 7) is 6.17. The highest BCUT2D eigenvalue weighted by Gasteiger charge is 2.31. The average Bonchev–Trinajstić information content (AvgIpc) is 2.82. The Morgan fingerprint density at radius 2 is 1.74 bits per heavy atom. The molecule has 1 N–H and O–H groups in total. The molecule has 5 nitrogen and oxygen atoms in total. The Morgan fingerprint density at radius 3 is 2.40 bits per heavy atom. The molecule has 184 valence electrons. The number of carbonyl (C=O) groups is 2. The monoisotopic (exact) mass is 512 g/mol. The predicted molar refractivity (Wildman–Crippen MR) is 141 cm³/mol. The number of halogens is 2. The summed E-state index contributed by atoms with van der Waals surface area (Å²) in [5.41, 5.74) is 3.69. The van der Waals surface area contributed by atoms with Crippen LogP contribution in [0.1, 0.15) is 29.2 Å². The molecule has 0 saturated carbocycles. The summed E-state index contributed by atoms with van der Waals surface area (Å²) in [6, 6.07) is 19.8. The van der Waals surface area contributed by atoms with E-state index in [1.807, 2.05) is 69.3 Å². The van der Waals surface area contributed by atoms with Gasteiger partial charge in [0.15, 0.2) is 6.61 Å². The SMILES string of the molecule is CCNC(=O)C(Cc1ccccc1)N(Cc1ccc(Cl)cc1Cl)C(=O)COc1ccc(C)cc1C. The molecule has 7 heteroatoms. The number of carbonyl (C=O) groups excluding carboxylic acids is 2. The van der Waals surface area contributed by atoms with Gasteiger partial charge in [-0.05, 0) is 55.7 Å². The first-order valence-electron chi connectivity index (χ1n) is 11.5. The molecule has 0 aliphatic carbocycles. The summed E-state index contributed by atoms with van der Waals surface area (Å²) < 4.78 is 5.88. The van der Waals surface area contributed by atoms with Crippen molar-refractivity contribution in [3.05, 3.63) is 99.0 Å². The van der Waals surface area contributed by atoms with Gasteiger partial charge in [0.25, 0.3) is 5.91 Å². The third-order valence-corrected chi connectivity index (χ3v) is 6.25. The number of hydrogen-bond acceptors (Lipinski definition) is 3. The lowest BCUT2D eigenvalue weighted by Crippen LogP contribution is -2.51. The first kappa shape index (κ1) is 26.6. The third kappa shape index (κ3) is 7.48. The van der Waals surface area contributed by atoms with Crippen LogP contribution in [-0.4, -0.2) is 35.9 Å². The van der Waals surface area contributed by atoms with Crippen LogP contribution in [0.4, 0.5) is 0 Å². The maximum atomic E-state index is 13.6. The van der Waals surface area contributed by atoms with Crippen molar-refractivity contribution in [2.75, 3.05) is 13.2 Å². The largest absolute Gasteiger partial charge is 0.483 e. The highest BCUT2D eigenvalue weighted by molar-refractivity contribution is 6.35. The van der Waals surface area contributed by atoms with Crippen LogP contribution in [0.3, 0.4) is 0 Å². The highest BCUT2D eigenvalue weighted by atomic mass is 35.5. The van der Waals surface area contributed by atoms with Gasteiger partial charge in [-0.25, -0.2) is 0 Å². The molecule has 1 atom stereocenters. The smallest absolute Gasteiger partial charge is 0.261 e. The fraction of sp³-hybridized carbons (Fsp3) is 0.286. The first-order valence-corrected chi connectivity index (χ1v) is 12.3. The summed E-state index contributed by atoms with van der Waals surface area (Å²) in [6.07, 6.45) is 0.354. The molecular formula is C28H30Cl2N2O3. The Morgan fingerprint density at radius 1 is 1.00 bits per heavy atom. The van der Waals surface area contributed by atoms with Crippen LogP contribution in [-0.2, 0) is 22.6 Å². The molecule has 3 aromatic carbocycles. The van der Waals surface area contributed by atoms with Gasteiger partial charge in [-0.1, -0.05) is 77.3 Å². The highest BCUT2D eigenvalue weighted by Crippen LogP contribution is 2.25. The van der Waals surface area contributed by atoms with Gasteiger partial charge >= 0.3 is 0 Å². The van der Waals surface area contributed by atoms with Crippen LogP contribution in [0.2, 0.25) is 10.0 Å². The molecule has 0 aliphatic rings. The number of benzene rings is 3. The minimum atomic E-state index is -0.751. The summed E-state index contributed by atoms with van der Waals surface area (Å²) >= 11 is 12.5. The van der Waals surface area contributed by atoms with E-state index in [1.165, 1.54) is 4.90 Å². The van der Waals surface area contributed by atoms with Gasteiger partial charge in [0.2, 0.25) is 5.91 Å². The Hall–Kier alpha value is -3.02. The fourth-order valence-corrected chi connectivity index (χ4v) is 4.33. The zero-order chi connectivity index (χ0) is 25.4. The molecule has 3 rings (SSSR count). The number of nitrogens with zero attached hydrogens (tertiary/aromatic N) is 1. The average molecular weight is 513 g/mol. The molecule has 2 amide bonds. The van der Waals surface area contributed by atoms with E-state index < -0.39 is 6.04 Å². The predicted octanol–water partition coefficient (Wildman–Crippen LogP) is 5.77. The van der Waals surface area contributed by atoms with Crippen LogP contribution >= 0.6 is 23.2 Å². The van der Waals surface area contributed by atoms with Crippen molar-refractivity contribution in [1.29, 1.82) is 0 Å². The molecular weight excluding hydrogens is 483 g/mol. The van der Waals surface area contributed by atoms with E-state index in [0.29, 0.717) is 34.3 Å². The van der Waals surface area contributed by atoms with E-state index in [0.717, 1.165) is 16.7 Å². The summed E-state index contributed by atoms with van der Waals surface area (Å²) in [4.78, 5) is 28.3. The maximum Gasteiger partial charge on any atom is 0.261 e. The van der Waals surface area contributed by atoms with Crippen LogP contribution in [0.15, 0.2) is 66.7 Å². The fourth-order valence-electron chi connectivity index (χ4n) is 3.86. The summed E-state index contributed by atoms with van der Waals surface area (Å²) in [5, 5.41) is 3.80. The lowest BCUT2D eigenvalue weighted by molar-refractivity contribution is -0.142. The van der Waals surface area contributed by atoms with E-state index >= 15 is 0 Å². The van der Waals surface area contributed by atoms with Crippen LogP contribution in [0.5, 0.6) is 5.75 Å². The van der Waals surface area contributed by atoms with Crippen molar-refractivity contribution in [2.45, 2.75) is 39.8 Å². The third-order valence-electron chi connectivity index (χ3n) is 5.66. The molecule has 0 saturated heterocycles. The second-order valence-electron chi connectivity index (χ2n) is 8.42. The van der Waals surface area contributed by atoms with Crippen LogP contribution < -0.4 is 10.1 Å². The zero-order valence-corrected chi connectivity index (χ0v) is 21.7. The number of aryl methyl sites for hydroxylation is 2. The lowest BCUT2D eigenvalue weighted by atomic mass is 10.0. The number of likely N-dealkylation sites (N-methyl/N-ethyl adjacent to an activating group) is 1. The summed E-state index contributed by atoms with van der Waals surface area (Å²) in [5.74, 6) is 0.0792. The molecule has 0 heterocycles. The van der Waals surface area contributed by atoms with Gasteiger partial charge in [0.05, 0.1) is 0 Å². The molecule has 0 spiro atoms. The molecule has 3 aromatic rings. The lowest BCUT2D eigenvalue weighted by Gasteiger charge is -2.31. The standard InChI is InChI=1S/C28H30Cl2N2O3/c1-4-31-28(34)25(15-21-8-6-5-7-9-21)32(17-22-11-12-23(29)16-24(22)30)27(33)18-35-26-13-10-19(2)14-20(26)3/h5-14,16,25H,4,15,17-18H2,1-3H3,(H,31,34). The number of amides is 2. The van der Waals surface area contributed by atoms with E-state index in [9.17, 15) is 9.59 Å². The normalized spacial score (nSPS) is 11.6. The first-order chi connectivity index (χ1) is 16.8. The molecule has 1 unspecified atom stereocenters. The van der Waals surface area contributed by atoms with Gasteiger partial charge in [-0.2, -0.15) is 0 Å². The molecule has 0 bridgehead atoms. The zero-order valence-electron chi connectivity index (χ0n) is 20.2. The quantitative estimate of drug-likeness (QED) is 0.375. The van der Waals surface area contributed by atoms with E-state index in [1.54, 1.807) is 18.2 Å². The van der Waals surface area contributed by atoms with E-state index in [4.69, 9.17) is 27.9 Å². The van der Waals surface area contributed by atoms with Gasteiger partial charge in [0.1, 0.15) is 11.8 Å². The molecule has 35 heavy (non-hydrogen) atoms. The second kappa shape index (κ2) is 12.6. The summed E-state index contributed by atoms with van der Waals surface area (Å²) in [7, 11) is 0. The van der Waals surface area contributed by atoms with Crippen LogP contribution in [0, 0.1) is 13.8 Å². The van der Waals surface area contributed by atoms with Crippen LogP contribution in [0.25, 0.3) is 0 Å². The maximum absolute atomic E-state index is 13.6. The minimum absolute atomic E-state index is 0.139. The van der Waals surface area contributed by atoms with Crippen molar-refractivity contribution in [2.24, 2.45) is 0 Å². The van der Waals surface area contributed by atoms with Crippen molar-refractivity contribution in [1.82, 2.24) is 10.2 Å². The molecule has 0 radical (unpaired) electrons. The number of nitrogens with one attached hydrogen (secondary N) is 1. The van der Waals surface area contributed by atoms with Gasteiger partial charge in [0, 0.05) is 29.6 Å². The van der Waals surface area contributed by atoms with Crippen molar-refractivity contribution >= 4 is 35.0 Å². The van der Waals surface area contributed by atoms with Crippen molar-refractivity contribution < 1.29 is 14.3 Å². The van der Waals surface area contributed by atoms with Gasteiger partial charge in [-0.15, -0.1) is 0 Å². The minimum Gasteiger partial charge on any atom is -0.483 e. The Labute approximate surface area is 217 Å². The van der Waals surface area contributed by atoms with Crippen molar-refractivity contribution in [3.63, 3.8) is 0 Å². The second-order valence-corrected chi connectivity index (χ2v) is 9.26. The number of ether oxygens (including phenoxy) is 1. The van der Waals surface area contributed by atoms with Crippen molar-refractivity contribution in [3.8, 4) is 5.75 Å². The Kier molecular flexibility index (Phi) is 9.58. The van der Waals surface area contributed by atoms with Gasteiger partial charge in [-0.3, -0.25) is 9.59 Å². The molecule has 0 aromatic heterocycles. The Balaban J connectivity index is 1.93. The molecule has 0 aliphatic heterocycles. The molecule has 0 fully saturated rings. The number of hydrogen-bond donors (Lipinski definition) is 1.